The van der Waals surface area contributed by atoms with Crippen LogP contribution in [0.3, 0.4) is 0 Å². The molecule has 140 valence electrons. The van der Waals surface area contributed by atoms with Crippen LogP contribution >= 0.6 is 11.6 Å². The monoisotopic (exact) mass is 386 g/mol. The zero-order valence-electron chi connectivity index (χ0n) is 14.8. The van der Waals surface area contributed by atoms with Crippen molar-refractivity contribution in [3.63, 3.8) is 0 Å². The van der Waals surface area contributed by atoms with Crippen LogP contribution in [0.5, 0.6) is 5.75 Å². The van der Waals surface area contributed by atoms with Crippen LogP contribution in [0.4, 0.5) is 4.39 Å². The molecule has 0 amide bonds. The summed E-state index contributed by atoms with van der Waals surface area (Å²) >= 11 is 5.94. The third-order valence-electron chi connectivity index (χ3n) is 4.70. The third-order valence-corrected chi connectivity index (χ3v) is 5.03. The van der Waals surface area contributed by atoms with Crippen molar-refractivity contribution in [3.8, 4) is 5.75 Å². The molecule has 0 aromatic heterocycles. The molecule has 27 heavy (non-hydrogen) atoms. The van der Waals surface area contributed by atoms with E-state index >= 15 is 0 Å². The highest BCUT2D eigenvalue weighted by Crippen LogP contribution is 2.26. The fourth-order valence-electron chi connectivity index (χ4n) is 3.15. The molecule has 0 heterocycles. The Morgan fingerprint density at radius 2 is 1.74 bits per heavy atom. The SMILES string of the molecule is O=C(C=Cc1c(F)cccc1Cl)c1ccc(OC(=O)C2CCCCC2)cc1. The minimum atomic E-state index is -0.489. The summed E-state index contributed by atoms with van der Waals surface area (Å²) in [6.07, 6.45) is 7.67. The predicted molar refractivity (Wildman–Crippen MR) is 103 cm³/mol. The second-order valence-corrected chi connectivity index (χ2v) is 7.02. The van der Waals surface area contributed by atoms with E-state index in [1.54, 1.807) is 30.3 Å². The largest absolute Gasteiger partial charge is 0.426 e. The van der Waals surface area contributed by atoms with Crippen LogP contribution in [-0.2, 0) is 4.79 Å². The van der Waals surface area contributed by atoms with Gasteiger partial charge < -0.3 is 4.74 Å². The first-order chi connectivity index (χ1) is 13.0. The van der Waals surface area contributed by atoms with E-state index in [0.29, 0.717) is 11.3 Å². The van der Waals surface area contributed by atoms with Gasteiger partial charge in [-0.15, -0.1) is 0 Å². The van der Waals surface area contributed by atoms with E-state index in [0.717, 1.165) is 25.7 Å². The highest BCUT2D eigenvalue weighted by Gasteiger charge is 2.22. The summed E-state index contributed by atoms with van der Waals surface area (Å²) in [5.74, 6) is -0.601. The Kier molecular flexibility index (Phi) is 6.40. The molecule has 2 aromatic rings. The van der Waals surface area contributed by atoms with Gasteiger partial charge in [0.2, 0.25) is 0 Å². The van der Waals surface area contributed by atoms with Crippen LogP contribution < -0.4 is 4.74 Å². The van der Waals surface area contributed by atoms with Crippen LogP contribution in [-0.4, -0.2) is 11.8 Å². The predicted octanol–water partition coefficient (Wildman–Crippen LogP) is 5.86. The average molecular weight is 387 g/mol. The van der Waals surface area contributed by atoms with Gasteiger partial charge in [0.15, 0.2) is 5.78 Å². The lowest BCUT2D eigenvalue weighted by atomic mass is 9.89. The lowest BCUT2D eigenvalue weighted by molar-refractivity contribution is -0.139. The molecule has 5 heteroatoms. The topological polar surface area (TPSA) is 43.4 Å². The Morgan fingerprint density at radius 1 is 1.04 bits per heavy atom. The van der Waals surface area contributed by atoms with Crippen LogP contribution in [0, 0.1) is 11.7 Å². The number of rotatable bonds is 5. The maximum Gasteiger partial charge on any atom is 0.314 e. The van der Waals surface area contributed by atoms with Crippen LogP contribution in [0.15, 0.2) is 48.5 Å². The van der Waals surface area contributed by atoms with Gasteiger partial charge in [0, 0.05) is 11.1 Å². The number of carbonyl (C=O) groups is 2. The van der Waals surface area contributed by atoms with Gasteiger partial charge in [0.1, 0.15) is 11.6 Å². The first kappa shape index (κ1) is 19.3. The molecule has 0 radical (unpaired) electrons. The molecule has 1 saturated carbocycles. The van der Waals surface area contributed by atoms with Crippen molar-refractivity contribution in [2.45, 2.75) is 32.1 Å². The zero-order chi connectivity index (χ0) is 19.2. The Labute approximate surface area is 162 Å². The molecule has 0 aliphatic heterocycles. The summed E-state index contributed by atoms with van der Waals surface area (Å²) in [5, 5.41) is 0.240. The number of ketones is 1. The van der Waals surface area contributed by atoms with Crippen LogP contribution in [0.2, 0.25) is 5.02 Å². The Balaban J connectivity index is 1.63. The van der Waals surface area contributed by atoms with Crippen molar-refractivity contribution in [1.82, 2.24) is 0 Å². The fraction of sp³-hybridized carbons (Fsp3) is 0.273. The molecular weight excluding hydrogens is 367 g/mol. The molecule has 1 aliphatic carbocycles. The minimum Gasteiger partial charge on any atom is -0.426 e. The maximum atomic E-state index is 13.7. The second-order valence-electron chi connectivity index (χ2n) is 6.61. The van der Waals surface area contributed by atoms with E-state index in [1.807, 2.05) is 0 Å². The number of allylic oxidation sites excluding steroid dienone is 1. The fourth-order valence-corrected chi connectivity index (χ4v) is 3.38. The summed E-state index contributed by atoms with van der Waals surface area (Å²) in [6.45, 7) is 0. The van der Waals surface area contributed by atoms with Gasteiger partial charge >= 0.3 is 5.97 Å². The third kappa shape index (κ3) is 5.04. The molecule has 0 saturated heterocycles. The van der Waals surface area contributed by atoms with Crippen molar-refractivity contribution in [3.05, 3.63) is 70.5 Å². The van der Waals surface area contributed by atoms with Crippen molar-refractivity contribution in [2.24, 2.45) is 5.92 Å². The molecule has 0 spiro atoms. The summed E-state index contributed by atoms with van der Waals surface area (Å²) in [4.78, 5) is 24.4. The van der Waals surface area contributed by atoms with E-state index in [4.69, 9.17) is 16.3 Å². The first-order valence-electron chi connectivity index (χ1n) is 9.03. The van der Waals surface area contributed by atoms with Gasteiger partial charge in [-0.05, 0) is 61.4 Å². The lowest BCUT2D eigenvalue weighted by Gasteiger charge is -2.19. The molecule has 3 nitrogen and oxygen atoms in total. The standard InChI is InChI=1S/C22H20ClFO3/c23-19-7-4-8-20(24)18(19)13-14-21(25)15-9-11-17(12-10-15)27-22(26)16-5-2-1-3-6-16/h4,7-14,16H,1-3,5-6H2. The Morgan fingerprint density at radius 3 is 2.41 bits per heavy atom. The Hall–Kier alpha value is -2.46. The van der Waals surface area contributed by atoms with Crippen LogP contribution in [0.25, 0.3) is 6.08 Å². The minimum absolute atomic E-state index is 0.0338. The molecule has 0 atom stereocenters. The number of hydrogen-bond donors (Lipinski definition) is 0. The van der Waals surface area contributed by atoms with E-state index in [1.165, 1.54) is 30.7 Å². The molecule has 3 rings (SSSR count). The number of benzene rings is 2. The molecule has 2 aromatic carbocycles. The zero-order valence-corrected chi connectivity index (χ0v) is 15.5. The average Bonchev–Trinajstić information content (AvgIpc) is 2.68. The summed E-state index contributed by atoms with van der Waals surface area (Å²) in [5.41, 5.74) is 0.585. The number of hydrogen-bond acceptors (Lipinski definition) is 3. The molecule has 0 unspecified atom stereocenters. The van der Waals surface area contributed by atoms with Gasteiger partial charge in [0.25, 0.3) is 0 Å². The van der Waals surface area contributed by atoms with Crippen molar-refractivity contribution < 1.29 is 18.7 Å². The Bertz CT molecular complexity index is 832. The summed E-state index contributed by atoms with van der Waals surface area (Å²) in [6, 6.07) is 10.7. The van der Waals surface area contributed by atoms with E-state index in [2.05, 4.69) is 0 Å². The summed E-state index contributed by atoms with van der Waals surface area (Å²) < 4.78 is 19.1. The highest BCUT2D eigenvalue weighted by molar-refractivity contribution is 6.32. The van der Waals surface area contributed by atoms with Crippen molar-refractivity contribution in [2.75, 3.05) is 0 Å². The molecular formula is C22H20ClFO3. The number of carbonyl (C=O) groups excluding carboxylic acids is 2. The quantitative estimate of drug-likeness (QED) is 0.280. The number of esters is 1. The smallest absolute Gasteiger partial charge is 0.314 e. The van der Waals surface area contributed by atoms with E-state index < -0.39 is 5.82 Å². The number of ether oxygens (including phenoxy) is 1. The molecule has 0 N–H and O–H groups in total. The van der Waals surface area contributed by atoms with Gasteiger partial charge in [-0.25, -0.2) is 4.39 Å². The second kappa shape index (κ2) is 8.96. The van der Waals surface area contributed by atoms with Crippen LogP contribution in [0.1, 0.15) is 48.0 Å². The van der Waals surface area contributed by atoms with Crippen molar-refractivity contribution >= 4 is 29.4 Å². The normalized spacial score (nSPS) is 15.0. The molecule has 1 fully saturated rings. The lowest BCUT2D eigenvalue weighted by Crippen LogP contribution is -2.22. The van der Waals surface area contributed by atoms with Gasteiger partial charge in [-0.1, -0.05) is 36.9 Å². The maximum absolute atomic E-state index is 13.7. The van der Waals surface area contributed by atoms with Gasteiger partial charge in [-0.2, -0.15) is 0 Å². The summed E-state index contributed by atoms with van der Waals surface area (Å²) in [7, 11) is 0. The van der Waals surface area contributed by atoms with E-state index in [-0.39, 0.29) is 28.3 Å². The highest BCUT2D eigenvalue weighted by atomic mass is 35.5. The van der Waals surface area contributed by atoms with Crippen molar-refractivity contribution in [1.29, 1.82) is 0 Å². The van der Waals surface area contributed by atoms with Gasteiger partial charge in [-0.3, -0.25) is 9.59 Å². The molecule has 0 bridgehead atoms. The van der Waals surface area contributed by atoms with E-state index in [9.17, 15) is 14.0 Å². The number of halogens is 2. The van der Waals surface area contributed by atoms with Gasteiger partial charge in [0.05, 0.1) is 10.9 Å². The first-order valence-corrected chi connectivity index (χ1v) is 9.40. The molecule has 1 aliphatic rings.